The molecule has 0 aromatic carbocycles. The summed E-state index contributed by atoms with van der Waals surface area (Å²) in [6, 6.07) is 4.55. The van der Waals surface area contributed by atoms with Crippen LogP contribution in [0.5, 0.6) is 0 Å². The minimum atomic E-state index is -0.578. The van der Waals surface area contributed by atoms with Crippen LogP contribution in [0.4, 0.5) is 17.1 Å². The molecule has 0 aliphatic carbocycles. The maximum absolute atomic E-state index is 13.0. The van der Waals surface area contributed by atoms with Gasteiger partial charge >= 0.3 is 0 Å². The Balaban J connectivity index is 1.65. The molecular weight excluding hydrogens is 538 g/mol. The summed E-state index contributed by atoms with van der Waals surface area (Å²) in [6.45, 7) is 6.05. The molecule has 14 heteroatoms. The van der Waals surface area contributed by atoms with E-state index in [1.165, 1.54) is 16.7 Å². The van der Waals surface area contributed by atoms with Gasteiger partial charge in [0.1, 0.15) is 22.9 Å². The van der Waals surface area contributed by atoms with Gasteiger partial charge in [-0.25, -0.2) is 0 Å². The summed E-state index contributed by atoms with van der Waals surface area (Å²) in [5.74, 6) is -1.50. The summed E-state index contributed by atoms with van der Waals surface area (Å²) in [5.41, 5.74) is 7.82. The molecule has 0 atom stereocenters. The monoisotopic (exact) mass is 569 g/mol. The van der Waals surface area contributed by atoms with Gasteiger partial charge in [-0.1, -0.05) is 25.1 Å². The Morgan fingerprint density at radius 2 is 1.25 bits per heavy atom. The first kappa shape index (κ1) is 29.8. The van der Waals surface area contributed by atoms with Gasteiger partial charge in [0.2, 0.25) is 0 Å². The summed E-state index contributed by atoms with van der Waals surface area (Å²) >= 11 is 5.59. The number of hydrogen-bond donors (Lipinski definition) is 5. The van der Waals surface area contributed by atoms with Crippen molar-refractivity contribution in [2.45, 2.75) is 13.3 Å². The lowest BCUT2D eigenvalue weighted by molar-refractivity contribution is -0.112. The molecular formula is C26H32ClN9O4. The van der Waals surface area contributed by atoms with Gasteiger partial charge in [-0.15, -0.1) is 0 Å². The molecule has 3 aromatic heterocycles. The van der Waals surface area contributed by atoms with Crippen molar-refractivity contribution in [1.29, 1.82) is 0 Å². The smallest absolute Gasteiger partial charge is 0.272 e. The molecule has 3 aromatic rings. The van der Waals surface area contributed by atoms with Crippen molar-refractivity contribution in [3.05, 3.63) is 65.5 Å². The summed E-state index contributed by atoms with van der Waals surface area (Å²) in [5, 5.41) is 10.6. The predicted molar refractivity (Wildman–Crippen MR) is 155 cm³/mol. The van der Waals surface area contributed by atoms with E-state index in [0.717, 1.165) is 6.42 Å². The fourth-order valence-electron chi connectivity index (χ4n) is 3.74. The lowest BCUT2D eigenvalue weighted by Crippen LogP contribution is -2.34. The lowest BCUT2D eigenvalue weighted by atomic mass is 10.3. The fourth-order valence-corrected chi connectivity index (χ4v) is 3.79. The Hall–Kier alpha value is -4.78. The van der Waals surface area contributed by atoms with Gasteiger partial charge in [0.25, 0.3) is 23.6 Å². The van der Waals surface area contributed by atoms with Crippen LogP contribution >= 0.6 is 11.6 Å². The van der Waals surface area contributed by atoms with Crippen LogP contribution in [0.3, 0.4) is 0 Å². The van der Waals surface area contributed by atoms with E-state index < -0.39 is 17.7 Å². The number of amidine groups is 1. The number of aliphatic imine (C=N–C) groups is 1. The molecule has 0 saturated carbocycles. The highest BCUT2D eigenvalue weighted by atomic mass is 35.5. The fraction of sp³-hybridized carbons (Fsp3) is 0.269. The number of amides is 4. The van der Waals surface area contributed by atoms with Gasteiger partial charge in [0.15, 0.2) is 0 Å². The molecule has 40 heavy (non-hydrogen) atoms. The van der Waals surface area contributed by atoms with Crippen LogP contribution in [0.25, 0.3) is 0 Å². The van der Waals surface area contributed by atoms with Gasteiger partial charge in [-0.3, -0.25) is 24.2 Å². The normalized spacial score (nSPS) is 11.2. The molecule has 6 N–H and O–H groups in total. The van der Waals surface area contributed by atoms with Crippen molar-refractivity contribution in [2.75, 3.05) is 29.0 Å². The van der Waals surface area contributed by atoms with E-state index in [2.05, 4.69) is 32.8 Å². The largest absolute Gasteiger partial charge is 0.386 e. The quantitative estimate of drug-likeness (QED) is 0.135. The number of halogens is 1. The lowest BCUT2D eigenvalue weighted by Gasteiger charge is -2.05. The summed E-state index contributed by atoms with van der Waals surface area (Å²) in [4.78, 5) is 54.3. The maximum atomic E-state index is 13.0. The van der Waals surface area contributed by atoms with Gasteiger partial charge in [0.05, 0.1) is 28.6 Å². The highest BCUT2D eigenvalue weighted by molar-refractivity contribution is 6.43. The summed E-state index contributed by atoms with van der Waals surface area (Å²) in [7, 11) is 4.99. The van der Waals surface area contributed by atoms with Crippen LogP contribution in [-0.4, -0.2) is 56.3 Å². The second-order valence-corrected chi connectivity index (χ2v) is 9.45. The highest BCUT2D eigenvalue weighted by Crippen LogP contribution is 2.20. The van der Waals surface area contributed by atoms with Gasteiger partial charge in [-0.2, -0.15) is 0 Å². The summed E-state index contributed by atoms with van der Waals surface area (Å²) in [6.07, 6.45) is 5.61. The number of aromatic nitrogens is 3. The number of hydrogen-bond acceptors (Lipinski definition) is 5. The van der Waals surface area contributed by atoms with E-state index in [9.17, 15) is 19.2 Å². The van der Waals surface area contributed by atoms with E-state index in [1.54, 1.807) is 54.9 Å². The number of aryl methyl sites for hydroxylation is 3. The van der Waals surface area contributed by atoms with E-state index in [1.807, 2.05) is 6.92 Å². The Labute approximate surface area is 236 Å². The van der Waals surface area contributed by atoms with Crippen molar-refractivity contribution in [2.24, 2.45) is 31.9 Å². The standard InChI is InChI=1S/C26H32ClN9O4/c1-6-7-29-22(28)11-30-24(38)19-8-17(13-34(19)3)32-26(40)21-10-18(14-36(21)5)33-25(39)20-9-16(12-35(20)4)31-23(37)15(2)27/h8-10,12-14H,2,6-7,11H2,1,3-5H3,(H2,28,29)(H,30,38)(H,31,37)(H,32,40)(H,33,39). The third-order valence-corrected chi connectivity index (χ3v) is 5.87. The highest BCUT2D eigenvalue weighted by Gasteiger charge is 2.19. The number of nitrogens with one attached hydrogen (secondary N) is 4. The molecule has 212 valence electrons. The number of carbonyl (C=O) groups excluding carboxylic acids is 4. The Bertz CT molecular complexity index is 1500. The van der Waals surface area contributed by atoms with Gasteiger partial charge in [0, 0.05) is 46.3 Å². The third kappa shape index (κ3) is 7.41. The summed E-state index contributed by atoms with van der Waals surface area (Å²) < 4.78 is 4.68. The van der Waals surface area contributed by atoms with E-state index in [0.29, 0.717) is 35.1 Å². The van der Waals surface area contributed by atoms with Crippen LogP contribution < -0.4 is 27.0 Å². The predicted octanol–water partition coefficient (Wildman–Crippen LogP) is 2.39. The van der Waals surface area contributed by atoms with Crippen LogP contribution in [0, 0.1) is 0 Å². The maximum Gasteiger partial charge on any atom is 0.272 e. The Morgan fingerprint density at radius 3 is 1.68 bits per heavy atom. The average Bonchev–Trinajstić information content (AvgIpc) is 3.56. The van der Waals surface area contributed by atoms with Crippen LogP contribution in [0.15, 0.2) is 53.4 Å². The van der Waals surface area contributed by atoms with E-state index >= 15 is 0 Å². The van der Waals surface area contributed by atoms with Crippen LogP contribution in [-0.2, 0) is 25.9 Å². The molecule has 0 saturated heterocycles. The zero-order chi connectivity index (χ0) is 29.6. The number of nitrogens with zero attached hydrogens (tertiary/aromatic N) is 4. The van der Waals surface area contributed by atoms with Crippen molar-refractivity contribution < 1.29 is 19.2 Å². The first-order chi connectivity index (χ1) is 18.9. The van der Waals surface area contributed by atoms with Crippen molar-refractivity contribution in [3.63, 3.8) is 0 Å². The van der Waals surface area contributed by atoms with Crippen LogP contribution in [0.1, 0.15) is 44.8 Å². The first-order valence-electron chi connectivity index (χ1n) is 12.2. The van der Waals surface area contributed by atoms with Gasteiger partial charge < -0.3 is 40.7 Å². The van der Waals surface area contributed by atoms with Crippen molar-refractivity contribution in [3.8, 4) is 0 Å². The number of anilines is 3. The average molecular weight is 570 g/mol. The zero-order valence-electron chi connectivity index (χ0n) is 22.7. The SMILES string of the molecule is C=C(Cl)C(=O)Nc1cc(C(=O)Nc2cc(C(=O)Nc3cc(C(=O)NCC(N)=NCCC)n(C)c3)n(C)c2)n(C)c1. The Morgan fingerprint density at radius 1 is 0.825 bits per heavy atom. The molecule has 0 radical (unpaired) electrons. The molecule has 0 unspecified atom stereocenters. The van der Waals surface area contributed by atoms with E-state index in [-0.39, 0.29) is 28.9 Å². The van der Waals surface area contributed by atoms with Crippen molar-refractivity contribution >= 4 is 58.1 Å². The van der Waals surface area contributed by atoms with Crippen LogP contribution in [0.2, 0.25) is 0 Å². The zero-order valence-corrected chi connectivity index (χ0v) is 23.4. The molecule has 4 amide bonds. The number of carbonyl (C=O) groups is 4. The molecule has 0 spiro atoms. The minimum Gasteiger partial charge on any atom is -0.386 e. The molecule has 0 fully saturated rings. The molecule has 3 heterocycles. The number of nitrogens with two attached hydrogens (primary N) is 1. The molecule has 0 aliphatic rings. The molecule has 0 aliphatic heterocycles. The van der Waals surface area contributed by atoms with Crippen molar-refractivity contribution in [1.82, 2.24) is 19.0 Å². The second-order valence-electron chi connectivity index (χ2n) is 9.00. The molecule has 13 nitrogen and oxygen atoms in total. The Kier molecular flexibility index (Phi) is 9.56. The topological polar surface area (TPSA) is 170 Å². The third-order valence-electron chi connectivity index (χ3n) is 5.70. The van der Waals surface area contributed by atoms with E-state index in [4.69, 9.17) is 17.3 Å². The first-order valence-corrected chi connectivity index (χ1v) is 12.6. The molecule has 3 rings (SSSR count). The number of rotatable bonds is 11. The van der Waals surface area contributed by atoms with Gasteiger partial charge in [-0.05, 0) is 24.6 Å². The second kappa shape index (κ2) is 12.8. The minimum absolute atomic E-state index is 0.117. The molecule has 0 bridgehead atoms.